The third kappa shape index (κ3) is 2.95. The zero-order chi connectivity index (χ0) is 16.1. The van der Waals surface area contributed by atoms with E-state index in [4.69, 9.17) is 10.5 Å². The Morgan fingerprint density at radius 1 is 1.00 bits per heavy atom. The zero-order valence-electron chi connectivity index (χ0n) is 14.6. The molecule has 3 nitrogen and oxygen atoms in total. The van der Waals surface area contributed by atoms with E-state index >= 15 is 0 Å². The molecule has 1 aromatic rings. The maximum atomic E-state index is 6.54. The van der Waals surface area contributed by atoms with Crippen LogP contribution in [0.15, 0.2) is 12.1 Å². The molecule has 0 bridgehead atoms. The van der Waals surface area contributed by atoms with Gasteiger partial charge in [0.2, 0.25) is 0 Å². The third-order valence-corrected chi connectivity index (χ3v) is 4.36. The Hall–Kier alpha value is -1.06. The van der Waals surface area contributed by atoms with Gasteiger partial charge in [-0.3, -0.25) is 0 Å². The van der Waals surface area contributed by atoms with Gasteiger partial charge >= 0.3 is 0 Å². The van der Waals surface area contributed by atoms with E-state index in [0.717, 1.165) is 18.8 Å². The molecule has 1 saturated heterocycles. The summed E-state index contributed by atoms with van der Waals surface area (Å²) in [6, 6.07) is 4.49. The fourth-order valence-corrected chi connectivity index (χ4v) is 2.85. The highest BCUT2D eigenvalue weighted by Crippen LogP contribution is 2.42. The second-order valence-electron chi connectivity index (χ2n) is 8.36. The van der Waals surface area contributed by atoms with Gasteiger partial charge in [0.05, 0.1) is 12.6 Å². The first kappa shape index (κ1) is 16.3. The van der Waals surface area contributed by atoms with E-state index in [1.807, 2.05) is 0 Å². The lowest BCUT2D eigenvalue weighted by Gasteiger charge is -2.41. The van der Waals surface area contributed by atoms with Crippen molar-refractivity contribution in [2.45, 2.75) is 57.9 Å². The van der Waals surface area contributed by atoms with Gasteiger partial charge in [-0.15, -0.1) is 0 Å². The van der Waals surface area contributed by atoms with Gasteiger partial charge in [-0.2, -0.15) is 0 Å². The number of ether oxygens (including phenoxy) is 1. The van der Waals surface area contributed by atoms with E-state index in [0.29, 0.717) is 0 Å². The first-order valence-electron chi connectivity index (χ1n) is 7.72. The van der Waals surface area contributed by atoms with Crippen molar-refractivity contribution in [3.8, 4) is 5.75 Å². The lowest BCUT2D eigenvalue weighted by atomic mass is 9.74. The minimum atomic E-state index is -0.244. The molecule has 1 aliphatic rings. The number of nitrogens with two attached hydrogens (primary N) is 1. The molecular formula is C18H30N2O. The van der Waals surface area contributed by atoms with Crippen LogP contribution in [-0.2, 0) is 16.4 Å². The predicted molar refractivity (Wildman–Crippen MR) is 89.1 cm³/mol. The van der Waals surface area contributed by atoms with E-state index in [-0.39, 0.29) is 16.4 Å². The highest BCUT2D eigenvalue weighted by atomic mass is 16.5. The van der Waals surface area contributed by atoms with Crippen LogP contribution in [-0.4, -0.2) is 20.2 Å². The van der Waals surface area contributed by atoms with Gasteiger partial charge in [0.25, 0.3) is 0 Å². The van der Waals surface area contributed by atoms with E-state index in [2.05, 4.69) is 59.0 Å². The average molecular weight is 290 g/mol. The van der Waals surface area contributed by atoms with E-state index in [1.54, 1.807) is 7.11 Å². The zero-order valence-corrected chi connectivity index (χ0v) is 14.6. The highest BCUT2D eigenvalue weighted by Gasteiger charge is 2.37. The van der Waals surface area contributed by atoms with Crippen molar-refractivity contribution in [1.29, 1.82) is 0 Å². The Bertz CT molecular complexity index is 496. The van der Waals surface area contributed by atoms with Crippen LogP contribution in [0.2, 0.25) is 0 Å². The van der Waals surface area contributed by atoms with Crippen LogP contribution in [0.1, 0.15) is 58.2 Å². The van der Waals surface area contributed by atoms with Crippen molar-refractivity contribution in [2.24, 2.45) is 5.73 Å². The molecule has 3 N–H and O–H groups in total. The summed E-state index contributed by atoms with van der Waals surface area (Å²) in [5.41, 5.74) is 10.0. The predicted octanol–water partition coefficient (Wildman–Crippen LogP) is 3.05. The fourth-order valence-electron chi connectivity index (χ4n) is 2.85. The number of rotatable bonds is 2. The molecule has 0 atom stereocenters. The number of hydrogen-bond donors (Lipinski definition) is 2. The van der Waals surface area contributed by atoms with Crippen LogP contribution in [0, 0.1) is 0 Å². The Morgan fingerprint density at radius 2 is 1.43 bits per heavy atom. The van der Waals surface area contributed by atoms with Crippen molar-refractivity contribution in [3.05, 3.63) is 28.8 Å². The minimum Gasteiger partial charge on any atom is -0.496 e. The Labute approximate surface area is 129 Å². The second kappa shape index (κ2) is 4.99. The lowest BCUT2D eigenvalue weighted by molar-refractivity contribution is 0.285. The molecule has 1 heterocycles. The van der Waals surface area contributed by atoms with Crippen LogP contribution in [0.3, 0.4) is 0 Å². The van der Waals surface area contributed by atoms with Crippen LogP contribution in [0.5, 0.6) is 5.75 Å². The molecule has 3 heteroatoms. The molecule has 0 aromatic heterocycles. The van der Waals surface area contributed by atoms with Gasteiger partial charge in [-0.1, -0.05) is 41.5 Å². The van der Waals surface area contributed by atoms with Crippen molar-refractivity contribution < 1.29 is 4.74 Å². The monoisotopic (exact) mass is 290 g/mol. The first-order chi connectivity index (χ1) is 9.49. The molecule has 0 radical (unpaired) electrons. The summed E-state index contributed by atoms with van der Waals surface area (Å²) >= 11 is 0. The number of hydrogen-bond acceptors (Lipinski definition) is 3. The normalized spacial score (nSPS) is 18.3. The Balaban J connectivity index is 2.71. The van der Waals surface area contributed by atoms with E-state index < -0.39 is 0 Å². The van der Waals surface area contributed by atoms with Crippen molar-refractivity contribution in [1.82, 2.24) is 5.32 Å². The standard InChI is InChI=1S/C18H30N2O/c1-16(2,3)13-8-12(18(19)10-20-11-18)9-14(15(13)21-7)17(4,5)6/h8-9,20H,10-11,19H2,1-7H3. The van der Waals surface area contributed by atoms with E-state index in [9.17, 15) is 0 Å². The van der Waals surface area contributed by atoms with Crippen LogP contribution < -0.4 is 15.8 Å². The van der Waals surface area contributed by atoms with Crippen molar-refractivity contribution in [2.75, 3.05) is 20.2 Å². The van der Waals surface area contributed by atoms with Crippen LogP contribution >= 0.6 is 0 Å². The summed E-state index contributed by atoms with van der Waals surface area (Å²) in [6.07, 6.45) is 0. The summed E-state index contributed by atoms with van der Waals surface area (Å²) in [5.74, 6) is 1.01. The third-order valence-electron chi connectivity index (χ3n) is 4.36. The molecular weight excluding hydrogens is 260 g/mol. The fraction of sp³-hybridized carbons (Fsp3) is 0.667. The quantitative estimate of drug-likeness (QED) is 0.880. The molecule has 1 aliphatic heterocycles. The van der Waals surface area contributed by atoms with Gasteiger partial charge in [0.15, 0.2) is 0 Å². The number of methoxy groups -OCH3 is 1. The lowest BCUT2D eigenvalue weighted by Crippen LogP contribution is -2.62. The molecule has 0 unspecified atom stereocenters. The van der Waals surface area contributed by atoms with Crippen molar-refractivity contribution in [3.63, 3.8) is 0 Å². The van der Waals surface area contributed by atoms with Gasteiger partial charge in [-0.05, 0) is 28.5 Å². The second-order valence-corrected chi connectivity index (χ2v) is 8.36. The summed E-state index contributed by atoms with van der Waals surface area (Å²) in [5, 5.41) is 3.29. The molecule has 2 rings (SSSR count). The molecule has 0 saturated carbocycles. The summed E-state index contributed by atoms with van der Waals surface area (Å²) in [6.45, 7) is 15.0. The highest BCUT2D eigenvalue weighted by molar-refractivity contribution is 5.52. The smallest absolute Gasteiger partial charge is 0.126 e. The summed E-state index contributed by atoms with van der Waals surface area (Å²) in [7, 11) is 1.77. The molecule has 1 aromatic carbocycles. The number of nitrogens with one attached hydrogen (secondary N) is 1. The van der Waals surface area contributed by atoms with Crippen molar-refractivity contribution >= 4 is 0 Å². The molecule has 1 fully saturated rings. The summed E-state index contributed by atoms with van der Waals surface area (Å²) < 4.78 is 5.79. The van der Waals surface area contributed by atoms with Gasteiger partial charge in [0.1, 0.15) is 5.75 Å². The van der Waals surface area contributed by atoms with Gasteiger partial charge in [0, 0.05) is 24.2 Å². The Kier molecular flexibility index (Phi) is 3.88. The Morgan fingerprint density at radius 3 is 1.67 bits per heavy atom. The summed E-state index contributed by atoms with van der Waals surface area (Å²) in [4.78, 5) is 0. The maximum absolute atomic E-state index is 6.54. The average Bonchev–Trinajstić information content (AvgIpc) is 2.32. The molecule has 0 spiro atoms. The molecule has 0 aliphatic carbocycles. The minimum absolute atomic E-state index is 0.0227. The molecule has 21 heavy (non-hydrogen) atoms. The topological polar surface area (TPSA) is 47.3 Å². The van der Waals surface area contributed by atoms with Gasteiger partial charge in [-0.25, -0.2) is 0 Å². The molecule has 118 valence electrons. The van der Waals surface area contributed by atoms with E-state index in [1.165, 1.54) is 16.7 Å². The number of benzene rings is 1. The molecule has 0 amide bonds. The largest absolute Gasteiger partial charge is 0.496 e. The SMILES string of the molecule is COc1c(C(C)(C)C)cc(C2(N)CNC2)cc1C(C)(C)C. The first-order valence-corrected chi connectivity index (χ1v) is 7.72. The van der Waals surface area contributed by atoms with Gasteiger partial charge < -0.3 is 15.8 Å². The maximum Gasteiger partial charge on any atom is 0.126 e. The van der Waals surface area contributed by atoms with Crippen LogP contribution in [0.4, 0.5) is 0 Å². The van der Waals surface area contributed by atoms with Crippen LogP contribution in [0.25, 0.3) is 0 Å².